The number of hydrogen-bond donors (Lipinski definition) is 1. The van der Waals surface area contributed by atoms with Crippen LogP contribution in [-0.2, 0) is 9.59 Å². The summed E-state index contributed by atoms with van der Waals surface area (Å²) in [6.07, 6.45) is 12.0. The number of nitrogens with two attached hydrogens (primary N) is 1. The van der Waals surface area contributed by atoms with Crippen molar-refractivity contribution >= 4 is 11.8 Å². The molecule has 0 aromatic carbocycles. The number of carbonyl (C=O) groups excluding carboxylic acids is 2. The standard InChI is InChI=1S/C16H31NO3.Na/c1-2-3-4-5-6-7-8-9-10-11-14(18)12-13-15(17)16(19)20;/h15H,2-13,17H2,1H3,(H,19,20);/q;+1/p-1/t15-;/m0./s1. The summed E-state index contributed by atoms with van der Waals surface area (Å²) in [5, 5.41) is 10.4. The van der Waals surface area contributed by atoms with Gasteiger partial charge in [-0.2, -0.15) is 0 Å². The first kappa shape index (κ1) is 23.4. The molecule has 0 rings (SSSR count). The van der Waals surface area contributed by atoms with Gasteiger partial charge in [-0.1, -0.05) is 58.3 Å². The summed E-state index contributed by atoms with van der Waals surface area (Å²) in [5.41, 5.74) is 5.29. The Balaban J connectivity index is 0. The van der Waals surface area contributed by atoms with Gasteiger partial charge in [0.15, 0.2) is 0 Å². The van der Waals surface area contributed by atoms with Gasteiger partial charge in [-0.25, -0.2) is 0 Å². The fraction of sp³-hybridized carbons (Fsp3) is 0.875. The molecule has 0 heterocycles. The molecule has 0 spiro atoms. The zero-order chi connectivity index (χ0) is 15.2. The summed E-state index contributed by atoms with van der Waals surface area (Å²) in [4.78, 5) is 21.9. The summed E-state index contributed by atoms with van der Waals surface area (Å²) >= 11 is 0. The van der Waals surface area contributed by atoms with E-state index in [9.17, 15) is 14.7 Å². The first-order valence-corrected chi connectivity index (χ1v) is 8.06. The molecule has 0 aliphatic rings. The van der Waals surface area contributed by atoms with Crippen LogP contribution < -0.4 is 40.4 Å². The Hall–Kier alpha value is 0.100. The minimum Gasteiger partial charge on any atom is -0.548 e. The fourth-order valence-electron chi connectivity index (χ4n) is 2.19. The number of unbranched alkanes of at least 4 members (excludes halogenated alkanes) is 8. The molecule has 2 N–H and O–H groups in total. The third kappa shape index (κ3) is 16.3. The van der Waals surface area contributed by atoms with Crippen LogP contribution >= 0.6 is 0 Å². The molecule has 0 aliphatic heterocycles. The van der Waals surface area contributed by atoms with Crippen molar-refractivity contribution in [3.05, 3.63) is 0 Å². The molecule has 118 valence electrons. The maximum Gasteiger partial charge on any atom is 1.00 e. The van der Waals surface area contributed by atoms with Crippen molar-refractivity contribution in [3.63, 3.8) is 0 Å². The summed E-state index contributed by atoms with van der Waals surface area (Å²) in [6.45, 7) is 2.22. The van der Waals surface area contributed by atoms with Crippen LogP contribution in [0.5, 0.6) is 0 Å². The molecular weight excluding hydrogens is 277 g/mol. The molecule has 0 unspecified atom stereocenters. The maximum absolute atomic E-state index is 11.5. The molecule has 0 radical (unpaired) electrons. The van der Waals surface area contributed by atoms with Gasteiger partial charge in [0.1, 0.15) is 5.78 Å². The zero-order valence-corrected chi connectivity index (χ0v) is 15.9. The van der Waals surface area contributed by atoms with Crippen LogP contribution in [0.3, 0.4) is 0 Å². The van der Waals surface area contributed by atoms with Crippen LogP contribution in [0.25, 0.3) is 0 Å². The molecule has 0 saturated carbocycles. The summed E-state index contributed by atoms with van der Waals surface area (Å²) in [5.74, 6) is -1.16. The average Bonchev–Trinajstić information content (AvgIpc) is 2.42. The van der Waals surface area contributed by atoms with Gasteiger partial charge in [-0.3, -0.25) is 4.79 Å². The van der Waals surface area contributed by atoms with Crippen molar-refractivity contribution in [1.29, 1.82) is 0 Å². The van der Waals surface area contributed by atoms with E-state index in [1.54, 1.807) is 0 Å². The van der Waals surface area contributed by atoms with Gasteiger partial charge in [0, 0.05) is 18.9 Å². The minimum absolute atomic E-state index is 0. The summed E-state index contributed by atoms with van der Waals surface area (Å²) in [7, 11) is 0. The smallest absolute Gasteiger partial charge is 0.548 e. The van der Waals surface area contributed by atoms with Crippen LogP contribution in [0.2, 0.25) is 0 Å². The van der Waals surface area contributed by atoms with Crippen molar-refractivity contribution < 1.29 is 44.3 Å². The van der Waals surface area contributed by atoms with Crippen molar-refractivity contribution in [2.24, 2.45) is 5.73 Å². The molecule has 0 fully saturated rings. The molecule has 1 atom stereocenters. The second-order valence-electron chi connectivity index (χ2n) is 5.58. The van der Waals surface area contributed by atoms with Crippen LogP contribution in [0.1, 0.15) is 84.0 Å². The van der Waals surface area contributed by atoms with Gasteiger partial charge in [0.2, 0.25) is 0 Å². The Morgan fingerprint density at radius 3 is 1.86 bits per heavy atom. The molecule has 0 aromatic rings. The number of aliphatic carboxylic acids is 1. The predicted molar refractivity (Wildman–Crippen MR) is 79.1 cm³/mol. The molecule has 0 aliphatic carbocycles. The van der Waals surface area contributed by atoms with Crippen LogP contribution in [-0.4, -0.2) is 17.8 Å². The number of carboxylic acids is 1. The number of ketones is 1. The van der Waals surface area contributed by atoms with Gasteiger partial charge in [-0.15, -0.1) is 0 Å². The molecule has 0 amide bonds. The van der Waals surface area contributed by atoms with E-state index in [1.165, 1.54) is 44.9 Å². The number of carboxylic acid groups (broad SMARTS) is 1. The van der Waals surface area contributed by atoms with Crippen molar-refractivity contribution in [1.82, 2.24) is 0 Å². The van der Waals surface area contributed by atoms with E-state index in [-0.39, 0.29) is 48.2 Å². The summed E-state index contributed by atoms with van der Waals surface area (Å²) < 4.78 is 0. The van der Waals surface area contributed by atoms with Gasteiger partial charge >= 0.3 is 29.6 Å². The van der Waals surface area contributed by atoms with Crippen LogP contribution in [0, 0.1) is 0 Å². The average molecular weight is 307 g/mol. The fourth-order valence-corrected chi connectivity index (χ4v) is 2.19. The Kier molecular flexibility index (Phi) is 18.3. The molecule has 0 aromatic heterocycles. The Morgan fingerprint density at radius 2 is 1.38 bits per heavy atom. The predicted octanol–water partition coefficient (Wildman–Crippen LogP) is -0.662. The molecule has 4 nitrogen and oxygen atoms in total. The van der Waals surface area contributed by atoms with E-state index in [1.807, 2.05) is 0 Å². The molecule has 5 heteroatoms. The van der Waals surface area contributed by atoms with E-state index in [2.05, 4.69) is 6.92 Å². The molecule has 0 bridgehead atoms. The Bertz CT molecular complexity index is 272. The summed E-state index contributed by atoms with van der Waals surface area (Å²) in [6, 6.07) is -1.01. The van der Waals surface area contributed by atoms with Crippen LogP contribution in [0.15, 0.2) is 0 Å². The first-order chi connectivity index (χ1) is 9.57. The molecular formula is C16H30NNaO3. The second-order valence-corrected chi connectivity index (χ2v) is 5.58. The van der Waals surface area contributed by atoms with Gasteiger partial charge in [0.25, 0.3) is 0 Å². The van der Waals surface area contributed by atoms with Gasteiger partial charge in [-0.05, 0) is 12.8 Å². The SMILES string of the molecule is CCCCCCCCCCCC(=O)CC[C@H](N)C(=O)[O-].[Na+]. The van der Waals surface area contributed by atoms with E-state index in [0.717, 1.165) is 12.8 Å². The quantitative estimate of drug-likeness (QED) is 0.341. The first-order valence-electron chi connectivity index (χ1n) is 8.06. The van der Waals surface area contributed by atoms with Crippen LogP contribution in [0.4, 0.5) is 0 Å². The van der Waals surface area contributed by atoms with E-state index in [0.29, 0.717) is 6.42 Å². The van der Waals surface area contributed by atoms with E-state index in [4.69, 9.17) is 5.73 Å². The number of hydrogen-bond acceptors (Lipinski definition) is 4. The molecule has 0 saturated heterocycles. The normalized spacial score (nSPS) is 11.7. The topological polar surface area (TPSA) is 83.2 Å². The van der Waals surface area contributed by atoms with E-state index < -0.39 is 12.0 Å². The monoisotopic (exact) mass is 307 g/mol. The Morgan fingerprint density at radius 1 is 0.905 bits per heavy atom. The number of Topliss-reactive ketones (excluding diaryl/α,β-unsaturated/α-hetero) is 1. The maximum atomic E-state index is 11.5. The van der Waals surface area contributed by atoms with Crippen molar-refractivity contribution in [2.45, 2.75) is 90.0 Å². The van der Waals surface area contributed by atoms with Gasteiger partial charge in [0.05, 0.1) is 5.97 Å². The largest absolute Gasteiger partial charge is 1.00 e. The number of carbonyl (C=O) groups is 2. The third-order valence-corrected chi connectivity index (χ3v) is 3.60. The van der Waals surface area contributed by atoms with Crippen molar-refractivity contribution in [3.8, 4) is 0 Å². The Labute approximate surface area is 151 Å². The minimum atomic E-state index is -1.28. The van der Waals surface area contributed by atoms with Crippen molar-refractivity contribution in [2.75, 3.05) is 0 Å². The third-order valence-electron chi connectivity index (χ3n) is 3.60. The molecule has 21 heavy (non-hydrogen) atoms. The second kappa shape index (κ2) is 16.5. The van der Waals surface area contributed by atoms with Gasteiger partial charge < -0.3 is 15.6 Å². The number of rotatable bonds is 14. The van der Waals surface area contributed by atoms with E-state index >= 15 is 0 Å². The zero-order valence-electron chi connectivity index (χ0n) is 13.9.